The van der Waals surface area contributed by atoms with E-state index in [-0.39, 0.29) is 5.78 Å². The third kappa shape index (κ3) is 3.31. The number of nitrogens with two attached hydrogens (primary N) is 1. The van der Waals surface area contributed by atoms with Crippen molar-refractivity contribution in [2.45, 2.75) is 33.3 Å². The molecule has 0 bridgehead atoms. The summed E-state index contributed by atoms with van der Waals surface area (Å²) in [5, 5.41) is 0. The van der Waals surface area contributed by atoms with Gasteiger partial charge in [-0.05, 0) is 32.4 Å². The number of carbonyl (C=O) groups excluding carboxylic acids is 2. The molecule has 0 saturated carbocycles. The van der Waals surface area contributed by atoms with E-state index in [2.05, 4.69) is 0 Å². The highest BCUT2D eigenvalue weighted by Crippen LogP contribution is 2.22. The molecular formula is C13H17NO3. The van der Waals surface area contributed by atoms with Gasteiger partial charge in [0.1, 0.15) is 5.75 Å². The molecular weight excluding hydrogens is 218 g/mol. The lowest BCUT2D eigenvalue weighted by Crippen LogP contribution is -2.33. The minimum atomic E-state index is -0.698. The predicted octanol–water partition coefficient (Wildman–Crippen LogP) is 1.84. The number of primary amides is 1. The second kappa shape index (κ2) is 5.48. The van der Waals surface area contributed by atoms with E-state index in [4.69, 9.17) is 10.5 Å². The first-order chi connectivity index (χ1) is 7.95. The second-order valence-electron chi connectivity index (χ2n) is 3.97. The van der Waals surface area contributed by atoms with Gasteiger partial charge in [0.2, 0.25) is 0 Å². The monoisotopic (exact) mass is 235 g/mol. The summed E-state index contributed by atoms with van der Waals surface area (Å²) in [6.45, 7) is 5.16. The number of amides is 1. The fourth-order valence-electron chi connectivity index (χ4n) is 1.52. The number of benzene rings is 1. The average Bonchev–Trinajstić information content (AvgIpc) is 2.26. The largest absolute Gasteiger partial charge is 0.480 e. The van der Waals surface area contributed by atoms with Crippen molar-refractivity contribution in [3.8, 4) is 5.75 Å². The van der Waals surface area contributed by atoms with Gasteiger partial charge in [0.05, 0.1) is 5.56 Å². The number of aryl methyl sites for hydroxylation is 1. The topological polar surface area (TPSA) is 69.4 Å². The van der Waals surface area contributed by atoms with Crippen molar-refractivity contribution in [3.63, 3.8) is 0 Å². The smallest absolute Gasteiger partial charge is 0.258 e. The molecule has 1 rings (SSSR count). The van der Waals surface area contributed by atoms with E-state index in [0.717, 1.165) is 5.56 Å². The Hall–Kier alpha value is -1.84. The Bertz CT molecular complexity index is 440. The molecule has 1 amide bonds. The summed E-state index contributed by atoms with van der Waals surface area (Å²) in [6.07, 6.45) is -0.226. The summed E-state index contributed by atoms with van der Waals surface area (Å²) in [4.78, 5) is 22.6. The molecule has 1 aromatic carbocycles. The number of Topliss-reactive ketones (excluding diaryl/α,β-unsaturated/α-hetero) is 1. The van der Waals surface area contributed by atoms with Gasteiger partial charge in [0.15, 0.2) is 11.9 Å². The average molecular weight is 235 g/mol. The van der Waals surface area contributed by atoms with Crippen molar-refractivity contribution < 1.29 is 14.3 Å². The Kier molecular flexibility index (Phi) is 4.26. The van der Waals surface area contributed by atoms with Crippen LogP contribution < -0.4 is 10.5 Å². The Balaban J connectivity index is 3.05. The molecule has 4 nitrogen and oxygen atoms in total. The second-order valence-corrected chi connectivity index (χ2v) is 3.97. The van der Waals surface area contributed by atoms with Crippen LogP contribution in [-0.2, 0) is 4.79 Å². The summed E-state index contributed by atoms with van der Waals surface area (Å²) >= 11 is 0. The third-order valence-corrected chi connectivity index (χ3v) is 2.47. The summed E-state index contributed by atoms with van der Waals surface area (Å²) in [7, 11) is 0. The zero-order chi connectivity index (χ0) is 13.0. The molecule has 0 aliphatic rings. The summed E-state index contributed by atoms with van der Waals surface area (Å²) < 4.78 is 5.48. The Morgan fingerprint density at radius 3 is 2.53 bits per heavy atom. The van der Waals surface area contributed by atoms with Crippen molar-refractivity contribution >= 4 is 11.7 Å². The zero-order valence-corrected chi connectivity index (χ0v) is 10.3. The zero-order valence-electron chi connectivity index (χ0n) is 10.3. The van der Waals surface area contributed by atoms with Gasteiger partial charge in [-0.3, -0.25) is 9.59 Å². The van der Waals surface area contributed by atoms with Crippen molar-refractivity contribution in [2.75, 3.05) is 0 Å². The van der Waals surface area contributed by atoms with E-state index in [0.29, 0.717) is 17.7 Å². The lowest BCUT2D eigenvalue weighted by molar-refractivity contribution is -0.124. The van der Waals surface area contributed by atoms with Gasteiger partial charge in [-0.1, -0.05) is 18.6 Å². The highest BCUT2D eigenvalue weighted by atomic mass is 16.5. The van der Waals surface area contributed by atoms with Gasteiger partial charge >= 0.3 is 0 Å². The van der Waals surface area contributed by atoms with Gasteiger partial charge in [-0.15, -0.1) is 0 Å². The van der Waals surface area contributed by atoms with Gasteiger partial charge < -0.3 is 10.5 Å². The van der Waals surface area contributed by atoms with Crippen molar-refractivity contribution in [3.05, 3.63) is 29.3 Å². The van der Waals surface area contributed by atoms with Crippen LogP contribution in [0.4, 0.5) is 0 Å². The number of hydrogen-bond donors (Lipinski definition) is 1. The first-order valence-electron chi connectivity index (χ1n) is 5.53. The molecule has 1 atom stereocenters. The first kappa shape index (κ1) is 13.2. The predicted molar refractivity (Wildman–Crippen MR) is 65.1 cm³/mol. The van der Waals surface area contributed by atoms with E-state index in [1.165, 1.54) is 6.92 Å². The molecule has 0 aliphatic heterocycles. The summed E-state index contributed by atoms with van der Waals surface area (Å²) in [5.41, 5.74) is 6.65. The van der Waals surface area contributed by atoms with Crippen LogP contribution in [0.5, 0.6) is 5.75 Å². The lowest BCUT2D eigenvalue weighted by Gasteiger charge is -2.16. The molecule has 1 aromatic rings. The molecule has 0 saturated heterocycles. The van der Waals surface area contributed by atoms with E-state index >= 15 is 0 Å². The van der Waals surface area contributed by atoms with Crippen LogP contribution >= 0.6 is 0 Å². The van der Waals surface area contributed by atoms with Crippen LogP contribution in [0.25, 0.3) is 0 Å². The maximum Gasteiger partial charge on any atom is 0.258 e. The van der Waals surface area contributed by atoms with Crippen molar-refractivity contribution in [1.29, 1.82) is 0 Å². The normalized spacial score (nSPS) is 11.9. The first-order valence-corrected chi connectivity index (χ1v) is 5.53. The van der Waals surface area contributed by atoms with Gasteiger partial charge in [-0.2, -0.15) is 0 Å². The minimum absolute atomic E-state index is 0.0944. The molecule has 2 N–H and O–H groups in total. The molecule has 0 aromatic heterocycles. The highest BCUT2D eigenvalue weighted by molar-refractivity contribution is 5.97. The fraction of sp³-hybridized carbons (Fsp3) is 0.385. The highest BCUT2D eigenvalue weighted by Gasteiger charge is 2.17. The standard InChI is InChI=1S/C13H17NO3/c1-4-11(13(14)16)17-12-6-5-8(2)7-10(12)9(3)15/h5-7,11H,4H2,1-3H3,(H2,14,16). The third-order valence-electron chi connectivity index (χ3n) is 2.47. The summed E-state index contributed by atoms with van der Waals surface area (Å²) in [6, 6.07) is 5.26. The number of rotatable bonds is 5. The lowest BCUT2D eigenvalue weighted by atomic mass is 10.1. The van der Waals surface area contributed by atoms with Crippen LogP contribution in [0.2, 0.25) is 0 Å². The fourth-order valence-corrected chi connectivity index (χ4v) is 1.52. The van der Waals surface area contributed by atoms with Crippen LogP contribution in [0.1, 0.15) is 36.2 Å². The number of ketones is 1. The summed E-state index contributed by atoms with van der Waals surface area (Å²) in [5.74, 6) is -0.209. The van der Waals surface area contributed by atoms with E-state index in [9.17, 15) is 9.59 Å². The molecule has 4 heteroatoms. The molecule has 1 unspecified atom stereocenters. The Labute approximate surface area is 101 Å². The van der Waals surface area contributed by atoms with Crippen LogP contribution in [0.15, 0.2) is 18.2 Å². The van der Waals surface area contributed by atoms with E-state index < -0.39 is 12.0 Å². The van der Waals surface area contributed by atoms with Gasteiger partial charge in [0, 0.05) is 0 Å². The van der Waals surface area contributed by atoms with Crippen molar-refractivity contribution in [2.24, 2.45) is 5.73 Å². The molecule has 0 spiro atoms. The Morgan fingerprint density at radius 2 is 2.06 bits per heavy atom. The maximum absolute atomic E-state index is 11.5. The maximum atomic E-state index is 11.5. The molecule has 0 radical (unpaired) electrons. The van der Waals surface area contributed by atoms with Gasteiger partial charge in [0.25, 0.3) is 5.91 Å². The number of ether oxygens (including phenoxy) is 1. The molecule has 17 heavy (non-hydrogen) atoms. The van der Waals surface area contributed by atoms with Crippen LogP contribution in [-0.4, -0.2) is 17.8 Å². The number of hydrogen-bond acceptors (Lipinski definition) is 3. The van der Waals surface area contributed by atoms with E-state index in [1.54, 1.807) is 19.1 Å². The molecule has 0 heterocycles. The van der Waals surface area contributed by atoms with Gasteiger partial charge in [-0.25, -0.2) is 0 Å². The number of carbonyl (C=O) groups is 2. The quantitative estimate of drug-likeness (QED) is 0.792. The molecule has 0 aliphatic carbocycles. The van der Waals surface area contributed by atoms with E-state index in [1.807, 2.05) is 13.0 Å². The SMILES string of the molecule is CCC(Oc1ccc(C)cc1C(C)=O)C(N)=O. The minimum Gasteiger partial charge on any atom is -0.480 e. The Morgan fingerprint density at radius 1 is 1.41 bits per heavy atom. The molecule has 92 valence electrons. The van der Waals surface area contributed by atoms with Crippen molar-refractivity contribution in [1.82, 2.24) is 0 Å². The van der Waals surface area contributed by atoms with Crippen LogP contribution in [0, 0.1) is 6.92 Å². The van der Waals surface area contributed by atoms with Crippen LogP contribution in [0.3, 0.4) is 0 Å². The molecule has 0 fully saturated rings.